The molecule has 0 fully saturated rings. The van der Waals surface area contributed by atoms with Crippen LogP contribution in [0.4, 0.5) is 11.6 Å². The van der Waals surface area contributed by atoms with Gasteiger partial charge in [0.2, 0.25) is 0 Å². The van der Waals surface area contributed by atoms with E-state index in [0.717, 1.165) is 22.5 Å². The van der Waals surface area contributed by atoms with Gasteiger partial charge in [-0.15, -0.1) is 0 Å². The van der Waals surface area contributed by atoms with Crippen molar-refractivity contribution in [1.29, 1.82) is 0 Å². The molecule has 3 aromatic rings. The van der Waals surface area contributed by atoms with E-state index in [1.807, 2.05) is 39.8 Å². The summed E-state index contributed by atoms with van der Waals surface area (Å²) in [5.41, 5.74) is 3.84. The molecule has 0 aromatic carbocycles. The molecule has 0 spiro atoms. The molecule has 2 amide bonds. The quantitative estimate of drug-likeness (QED) is 0.726. The summed E-state index contributed by atoms with van der Waals surface area (Å²) < 4.78 is 0. The summed E-state index contributed by atoms with van der Waals surface area (Å²) in [7, 11) is 0. The molecule has 0 radical (unpaired) electrons. The zero-order chi connectivity index (χ0) is 20.3. The van der Waals surface area contributed by atoms with E-state index in [9.17, 15) is 9.59 Å². The first-order valence-corrected chi connectivity index (χ1v) is 8.80. The third kappa shape index (κ3) is 4.76. The van der Waals surface area contributed by atoms with Gasteiger partial charge in [0.1, 0.15) is 23.0 Å². The van der Waals surface area contributed by atoms with E-state index in [1.54, 1.807) is 30.3 Å². The number of carbonyl (C=O) groups is 2. The Morgan fingerprint density at radius 3 is 1.50 bits per heavy atom. The molecule has 142 valence electrons. The highest BCUT2D eigenvalue weighted by atomic mass is 16.2. The van der Waals surface area contributed by atoms with Crippen molar-refractivity contribution in [3.05, 3.63) is 76.4 Å². The van der Waals surface area contributed by atoms with Gasteiger partial charge >= 0.3 is 0 Å². The Bertz CT molecular complexity index is 941. The summed E-state index contributed by atoms with van der Waals surface area (Å²) in [6.07, 6.45) is 0. The minimum atomic E-state index is -0.434. The van der Waals surface area contributed by atoms with Crippen molar-refractivity contribution < 1.29 is 9.59 Å². The van der Waals surface area contributed by atoms with Crippen LogP contribution in [0.5, 0.6) is 0 Å². The number of nitrogens with zero attached hydrogens (tertiary/aromatic N) is 3. The molecule has 7 heteroatoms. The van der Waals surface area contributed by atoms with E-state index in [1.165, 1.54) is 0 Å². The van der Waals surface area contributed by atoms with Crippen LogP contribution in [0.1, 0.15) is 43.5 Å². The summed E-state index contributed by atoms with van der Waals surface area (Å²) in [5.74, 6) is 0.0190. The molecule has 3 heterocycles. The Morgan fingerprint density at radius 2 is 1.11 bits per heavy atom. The van der Waals surface area contributed by atoms with Crippen molar-refractivity contribution >= 4 is 23.5 Å². The van der Waals surface area contributed by atoms with Gasteiger partial charge in [-0.2, -0.15) is 0 Å². The van der Waals surface area contributed by atoms with Crippen LogP contribution in [0.2, 0.25) is 0 Å². The molecule has 3 aromatic heterocycles. The van der Waals surface area contributed by atoms with Crippen LogP contribution in [0.25, 0.3) is 0 Å². The standard InChI is InChI=1S/C21H21N5O2/c1-12-8-14(3)22-18(10-12)25-20(27)16-6-5-7-17(24-16)21(28)26-19-11-13(2)9-15(4)23-19/h5-11H,1-4H3,(H,22,25,27)(H,23,26,28). The number of nitrogens with one attached hydrogen (secondary N) is 2. The molecule has 0 saturated heterocycles. The van der Waals surface area contributed by atoms with E-state index in [4.69, 9.17) is 0 Å². The molecular formula is C21H21N5O2. The van der Waals surface area contributed by atoms with Crippen LogP contribution < -0.4 is 10.6 Å². The molecule has 28 heavy (non-hydrogen) atoms. The lowest BCUT2D eigenvalue weighted by Crippen LogP contribution is -2.19. The number of anilines is 2. The Balaban J connectivity index is 1.77. The van der Waals surface area contributed by atoms with Crippen LogP contribution in [-0.2, 0) is 0 Å². The smallest absolute Gasteiger partial charge is 0.275 e. The second-order valence-electron chi connectivity index (χ2n) is 6.66. The van der Waals surface area contributed by atoms with Crippen LogP contribution in [-0.4, -0.2) is 26.8 Å². The summed E-state index contributed by atoms with van der Waals surface area (Å²) >= 11 is 0. The van der Waals surface area contributed by atoms with Gasteiger partial charge in [0.15, 0.2) is 0 Å². The first kappa shape index (κ1) is 19.2. The first-order valence-electron chi connectivity index (χ1n) is 8.80. The van der Waals surface area contributed by atoms with Gasteiger partial charge in [-0.1, -0.05) is 6.07 Å². The van der Waals surface area contributed by atoms with Crippen LogP contribution in [0.15, 0.2) is 42.5 Å². The molecule has 0 atom stereocenters. The average Bonchev–Trinajstić information content (AvgIpc) is 2.60. The van der Waals surface area contributed by atoms with Gasteiger partial charge in [-0.25, -0.2) is 15.0 Å². The fraction of sp³-hybridized carbons (Fsp3) is 0.190. The van der Waals surface area contributed by atoms with Gasteiger partial charge < -0.3 is 10.6 Å². The number of rotatable bonds is 4. The topological polar surface area (TPSA) is 96.9 Å². The first-order chi connectivity index (χ1) is 13.3. The number of pyridine rings is 3. The maximum absolute atomic E-state index is 12.5. The zero-order valence-electron chi connectivity index (χ0n) is 16.2. The van der Waals surface area contributed by atoms with Crippen LogP contribution in [0, 0.1) is 27.7 Å². The monoisotopic (exact) mass is 375 g/mol. The Labute approximate surface area is 163 Å². The molecule has 0 saturated carbocycles. The summed E-state index contributed by atoms with van der Waals surface area (Å²) in [5, 5.41) is 5.43. The Kier molecular flexibility index (Phi) is 5.44. The van der Waals surface area contributed by atoms with Crippen molar-refractivity contribution in [2.24, 2.45) is 0 Å². The minimum absolute atomic E-state index is 0.127. The number of carbonyl (C=O) groups excluding carboxylic acids is 2. The largest absolute Gasteiger partial charge is 0.305 e. The van der Waals surface area contributed by atoms with E-state index in [2.05, 4.69) is 25.6 Å². The Morgan fingerprint density at radius 1 is 0.679 bits per heavy atom. The zero-order valence-corrected chi connectivity index (χ0v) is 16.2. The van der Waals surface area contributed by atoms with Crippen LogP contribution >= 0.6 is 0 Å². The number of hydrogen-bond donors (Lipinski definition) is 2. The second kappa shape index (κ2) is 7.96. The highest BCUT2D eigenvalue weighted by Gasteiger charge is 2.14. The van der Waals surface area contributed by atoms with Gasteiger partial charge in [0.05, 0.1) is 0 Å². The van der Waals surface area contributed by atoms with Crippen molar-refractivity contribution in [3.8, 4) is 0 Å². The fourth-order valence-electron chi connectivity index (χ4n) is 2.86. The Hall–Kier alpha value is -3.61. The number of aromatic nitrogens is 3. The average molecular weight is 375 g/mol. The normalized spacial score (nSPS) is 10.4. The minimum Gasteiger partial charge on any atom is -0.305 e. The highest BCUT2D eigenvalue weighted by molar-refractivity contribution is 6.05. The maximum atomic E-state index is 12.5. The van der Waals surface area contributed by atoms with E-state index in [0.29, 0.717) is 11.6 Å². The third-order valence-corrected chi connectivity index (χ3v) is 3.89. The number of amides is 2. The lowest BCUT2D eigenvalue weighted by Gasteiger charge is -2.08. The maximum Gasteiger partial charge on any atom is 0.275 e. The van der Waals surface area contributed by atoms with Crippen molar-refractivity contribution in [3.63, 3.8) is 0 Å². The second-order valence-corrected chi connectivity index (χ2v) is 6.66. The van der Waals surface area contributed by atoms with Crippen LogP contribution in [0.3, 0.4) is 0 Å². The summed E-state index contributed by atoms with van der Waals surface area (Å²) in [4.78, 5) is 37.7. The molecule has 2 N–H and O–H groups in total. The molecule has 7 nitrogen and oxygen atoms in total. The van der Waals surface area contributed by atoms with Gasteiger partial charge in [-0.3, -0.25) is 9.59 Å². The lowest BCUT2D eigenvalue weighted by molar-refractivity contribution is 0.101. The van der Waals surface area contributed by atoms with Gasteiger partial charge in [0, 0.05) is 11.4 Å². The third-order valence-electron chi connectivity index (χ3n) is 3.89. The molecule has 0 aliphatic heterocycles. The predicted molar refractivity (Wildman–Crippen MR) is 108 cm³/mol. The molecule has 0 bridgehead atoms. The highest BCUT2D eigenvalue weighted by Crippen LogP contribution is 2.12. The van der Waals surface area contributed by atoms with E-state index < -0.39 is 11.8 Å². The number of hydrogen-bond acceptors (Lipinski definition) is 5. The molecule has 3 rings (SSSR count). The van der Waals surface area contributed by atoms with Crippen molar-refractivity contribution in [1.82, 2.24) is 15.0 Å². The molecule has 0 unspecified atom stereocenters. The number of aryl methyl sites for hydroxylation is 4. The molecule has 0 aliphatic rings. The van der Waals surface area contributed by atoms with E-state index in [-0.39, 0.29) is 11.4 Å². The van der Waals surface area contributed by atoms with Crippen molar-refractivity contribution in [2.45, 2.75) is 27.7 Å². The fourth-order valence-corrected chi connectivity index (χ4v) is 2.86. The summed E-state index contributed by atoms with van der Waals surface area (Å²) in [6.45, 7) is 7.56. The van der Waals surface area contributed by atoms with Gasteiger partial charge in [-0.05, 0) is 75.2 Å². The van der Waals surface area contributed by atoms with Crippen molar-refractivity contribution in [2.75, 3.05) is 10.6 Å². The summed E-state index contributed by atoms with van der Waals surface area (Å²) in [6, 6.07) is 12.1. The predicted octanol–water partition coefficient (Wildman–Crippen LogP) is 3.61. The SMILES string of the molecule is Cc1cc(C)nc(NC(=O)c2cccc(C(=O)Nc3cc(C)cc(C)n3)n2)c1. The molecule has 0 aliphatic carbocycles. The lowest BCUT2D eigenvalue weighted by atomic mass is 10.2. The molecular weight excluding hydrogens is 354 g/mol. The van der Waals surface area contributed by atoms with Gasteiger partial charge in [0.25, 0.3) is 11.8 Å². The van der Waals surface area contributed by atoms with E-state index >= 15 is 0 Å².